The van der Waals surface area contributed by atoms with Crippen LogP contribution < -0.4 is 0 Å². The number of aryl methyl sites for hydroxylation is 1. The Morgan fingerprint density at radius 1 is 1.30 bits per heavy atom. The lowest BCUT2D eigenvalue weighted by molar-refractivity contribution is -0.0865. The van der Waals surface area contributed by atoms with Gasteiger partial charge >= 0.3 is 0 Å². The van der Waals surface area contributed by atoms with Gasteiger partial charge in [-0.2, -0.15) is 5.10 Å². The molecule has 1 fully saturated rings. The average molecular weight is 292 g/mol. The van der Waals surface area contributed by atoms with Crippen LogP contribution in [0.5, 0.6) is 0 Å². The Morgan fingerprint density at radius 2 is 1.95 bits per heavy atom. The normalized spacial score (nSPS) is 16.9. The molecule has 1 aliphatic rings. The molecule has 1 aromatic heterocycles. The predicted octanol–water partition coefficient (Wildman–Crippen LogP) is 1.42. The number of halogens is 1. The molecule has 1 aliphatic heterocycles. The number of amides is 1. The summed E-state index contributed by atoms with van der Waals surface area (Å²) in [6.07, 6.45) is 1.72. The first-order valence-electron chi connectivity index (χ1n) is 6.25. The summed E-state index contributed by atoms with van der Waals surface area (Å²) in [4.78, 5) is 13.7. The van der Waals surface area contributed by atoms with E-state index in [0.717, 1.165) is 5.56 Å². The first-order valence-corrected chi connectivity index (χ1v) is 6.63. The second kappa shape index (κ2) is 4.61. The maximum absolute atomic E-state index is 12.1. The minimum atomic E-state index is -0.991. The van der Waals surface area contributed by atoms with E-state index in [9.17, 15) is 9.90 Å². The van der Waals surface area contributed by atoms with E-state index in [1.54, 1.807) is 53.2 Å². The van der Waals surface area contributed by atoms with E-state index in [0.29, 0.717) is 10.7 Å². The van der Waals surface area contributed by atoms with Crippen LogP contribution in [0.1, 0.15) is 16.1 Å². The van der Waals surface area contributed by atoms with Crippen molar-refractivity contribution in [3.8, 4) is 0 Å². The van der Waals surface area contributed by atoms with Crippen LogP contribution in [-0.4, -0.2) is 38.8 Å². The standard InChI is InChI=1S/C14H14ClN3O2/c1-17-7-6-12(16-17)13(19)18-8-14(20,9-18)10-2-4-11(15)5-3-10/h2-7,20H,8-9H2,1H3. The number of aromatic nitrogens is 2. The van der Waals surface area contributed by atoms with Gasteiger partial charge in [0.2, 0.25) is 0 Å². The molecule has 104 valence electrons. The summed E-state index contributed by atoms with van der Waals surface area (Å²) >= 11 is 5.83. The molecule has 0 bridgehead atoms. The number of nitrogens with zero attached hydrogens (tertiary/aromatic N) is 3. The van der Waals surface area contributed by atoms with E-state index >= 15 is 0 Å². The lowest BCUT2D eigenvalue weighted by Crippen LogP contribution is -2.61. The molecule has 0 spiro atoms. The largest absolute Gasteiger partial charge is 0.381 e. The highest BCUT2D eigenvalue weighted by atomic mass is 35.5. The number of likely N-dealkylation sites (tertiary alicyclic amines) is 1. The average Bonchev–Trinajstić information content (AvgIpc) is 2.82. The lowest BCUT2D eigenvalue weighted by Gasteiger charge is -2.46. The second-order valence-electron chi connectivity index (χ2n) is 5.07. The fourth-order valence-corrected chi connectivity index (χ4v) is 2.49. The van der Waals surface area contributed by atoms with Gasteiger partial charge in [-0.3, -0.25) is 9.48 Å². The van der Waals surface area contributed by atoms with Gasteiger partial charge in [-0.05, 0) is 23.8 Å². The molecule has 1 saturated heterocycles. The topological polar surface area (TPSA) is 58.4 Å². The Hall–Kier alpha value is -1.85. The van der Waals surface area contributed by atoms with Gasteiger partial charge < -0.3 is 10.0 Å². The van der Waals surface area contributed by atoms with Gasteiger partial charge in [-0.25, -0.2) is 0 Å². The van der Waals surface area contributed by atoms with Crippen molar-refractivity contribution in [1.29, 1.82) is 0 Å². The van der Waals surface area contributed by atoms with Crippen LogP contribution >= 0.6 is 11.6 Å². The molecule has 0 atom stereocenters. The van der Waals surface area contributed by atoms with Crippen molar-refractivity contribution >= 4 is 17.5 Å². The van der Waals surface area contributed by atoms with Crippen molar-refractivity contribution in [1.82, 2.24) is 14.7 Å². The van der Waals surface area contributed by atoms with Crippen LogP contribution in [-0.2, 0) is 12.6 Å². The fourth-order valence-electron chi connectivity index (χ4n) is 2.36. The second-order valence-corrected chi connectivity index (χ2v) is 5.51. The molecule has 20 heavy (non-hydrogen) atoms. The summed E-state index contributed by atoms with van der Waals surface area (Å²) in [6, 6.07) is 8.70. The molecule has 1 amide bonds. The predicted molar refractivity (Wildman–Crippen MR) is 74.5 cm³/mol. The summed E-state index contributed by atoms with van der Waals surface area (Å²) in [5.41, 5.74) is 0.173. The Morgan fingerprint density at radius 3 is 2.50 bits per heavy atom. The Balaban J connectivity index is 1.71. The lowest BCUT2D eigenvalue weighted by atomic mass is 9.86. The number of rotatable bonds is 2. The van der Waals surface area contributed by atoms with E-state index < -0.39 is 5.60 Å². The van der Waals surface area contributed by atoms with Gasteiger partial charge in [0.05, 0.1) is 13.1 Å². The highest BCUT2D eigenvalue weighted by Gasteiger charge is 2.45. The zero-order chi connectivity index (χ0) is 14.3. The third-order valence-electron chi connectivity index (χ3n) is 3.51. The quantitative estimate of drug-likeness (QED) is 0.910. The van der Waals surface area contributed by atoms with Crippen molar-refractivity contribution in [3.63, 3.8) is 0 Å². The maximum atomic E-state index is 12.1. The van der Waals surface area contributed by atoms with E-state index in [2.05, 4.69) is 5.10 Å². The van der Waals surface area contributed by atoms with Crippen LogP contribution in [0.3, 0.4) is 0 Å². The highest BCUT2D eigenvalue weighted by molar-refractivity contribution is 6.30. The molecule has 0 unspecified atom stereocenters. The minimum absolute atomic E-state index is 0.163. The molecule has 2 aromatic rings. The molecule has 3 rings (SSSR count). The zero-order valence-corrected chi connectivity index (χ0v) is 11.7. The molecule has 6 heteroatoms. The first kappa shape index (κ1) is 13.1. The molecule has 1 N–H and O–H groups in total. The van der Waals surface area contributed by atoms with E-state index in [1.807, 2.05) is 0 Å². The Kier molecular flexibility index (Phi) is 3.03. The molecule has 1 aromatic carbocycles. The number of hydrogen-bond donors (Lipinski definition) is 1. The summed E-state index contributed by atoms with van der Waals surface area (Å²) in [5, 5.41) is 15.2. The van der Waals surface area contributed by atoms with Gasteiger partial charge in [-0.1, -0.05) is 23.7 Å². The van der Waals surface area contributed by atoms with E-state index in [-0.39, 0.29) is 19.0 Å². The van der Waals surface area contributed by atoms with E-state index in [4.69, 9.17) is 11.6 Å². The van der Waals surface area contributed by atoms with Gasteiger partial charge in [0, 0.05) is 18.3 Å². The fraction of sp³-hybridized carbons (Fsp3) is 0.286. The minimum Gasteiger partial charge on any atom is -0.381 e. The molecule has 0 radical (unpaired) electrons. The van der Waals surface area contributed by atoms with Crippen LogP contribution in [0.25, 0.3) is 0 Å². The van der Waals surface area contributed by atoms with Crippen molar-refractivity contribution < 1.29 is 9.90 Å². The zero-order valence-electron chi connectivity index (χ0n) is 11.0. The number of β-amino-alcohol motifs (C(OH)–C–C–N with tert-alkyl or cyclic N) is 1. The summed E-state index contributed by atoms with van der Waals surface area (Å²) in [7, 11) is 1.76. The molecule has 0 saturated carbocycles. The van der Waals surface area contributed by atoms with Crippen molar-refractivity contribution in [2.24, 2.45) is 7.05 Å². The molecule has 5 nitrogen and oxygen atoms in total. The third kappa shape index (κ3) is 2.19. The molecule has 2 heterocycles. The number of carbonyl (C=O) groups is 1. The monoisotopic (exact) mass is 291 g/mol. The number of aliphatic hydroxyl groups is 1. The van der Waals surface area contributed by atoms with Crippen LogP contribution in [0.15, 0.2) is 36.5 Å². The van der Waals surface area contributed by atoms with Crippen LogP contribution in [0, 0.1) is 0 Å². The summed E-state index contributed by atoms with van der Waals surface area (Å²) < 4.78 is 1.58. The number of carbonyl (C=O) groups excluding carboxylic acids is 1. The van der Waals surface area contributed by atoms with Gasteiger partial charge in [0.25, 0.3) is 5.91 Å². The van der Waals surface area contributed by atoms with Gasteiger partial charge in [-0.15, -0.1) is 0 Å². The van der Waals surface area contributed by atoms with Crippen molar-refractivity contribution in [2.75, 3.05) is 13.1 Å². The molecular formula is C14H14ClN3O2. The first-order chi connectivity index (χ1) is 9.48. The van der Waals surface area contributed by atoms with Gasteiger partial charge in [0.15, 0.2) is 0 Å². The van der Waals surface area contributed by atoms with Crippen LogP contribution in [0.2, 0.25) is 5.02 Å². The Labute approximate surface area is 121 Å². The number of hydrogen-bond acceptors (Lipinski definition) is 3. The SMILES string of the molecule is Cn1ccc(C(=O)N2CC(O)(c3ccc(Cl)cc3)C2)n1. The van der Waals surface area contributed by atoms with Crippen molar-refractivity contribution in [3.05, 3.63) is 52.8 Å². The number of benzene rings is 1. The maximum Gasteiger partial charge on any atom is 0.274 e. The van der Waals surface area contributed by atoms with E-state index in [1.165, 1.54) is 0 Å². The Bertz CT molecular complexity index is 645. The summed E-state index contributed by atoms with van der Waals surface area (Å²) in [6.45, 7) is 0.536. The third-order valence-corrected chi connectivity index (χ3v) is 3.76. The molecule has 0 aliphatic carbocycles. The van der Waals surface area contributed by atoms with Crippen molar-refractivity contribution in [2.45, 2.75) is 5.60 Å². The summed E-state index contributed by atoms with van der Waals surface area (Å²) in [5.74, 6) is -0.163. The molecular weight excluding hydrogens is 278 g/mol. The smallest absolute Gasteiger partial charge is 0.274 e. The van der Waals surface area contributed by atoms with Gasteiger partial charge in [0.1, 0.15) is 11.3 Å². The highest BCUT2D eigenvalue weighted by Crippen LogP contribution is 2.33. The van der Waals surface area contributed by atoms with Crippen LogP contribution in [0.4, 0.5) is 0 Å².